The standard InChI is InChI=1S/C11H8Cl3N3O/c1-15-11(18)6-5-16-17(10(6)14)8-4-2-3-7(12)9(8)13/h2-5H,1H3,(H,15,18). The molecule has 0 aliphatic carbocycles. The van der Waals surface area contributed by atoms with Gasteiger partial charge in [-0.25, -0.2) is 4.68 Å². The maximum absolute atomic E-state index is 11.5. The van der Waals surface area contributed by atoms with Crippen LogP contribution in [-0.4, -0.2) is 22.7 Å². The van der Waals surface area contributed by atoms with Gasteiger partial charge in [-0.2, -0.15) is 5.10 Å². The van der Waals surface area contributed by atoms with Crippen LogP contribution in [0, 0.1) is 0 Å². The van der Waals surface area contributed by atoms with Crippen molar-refractivity contribution in [2.24, 2.45) is 0 Å². The van der Waals surface area contributed by atoms with Gasteiger partial charge < -0.3 is 5.32 Å². The number of rotatable bonds is 2. The molecule has 94 valence electrons. The second-order valence-corrected chi connectivity index (χ2v) is 4.56. The molecule has 1 aromatic heterocycles. The number of nitrogens with zero attached hydrogens (tertiary/aromatic N) is 2. The third-order valence-corrected chi connectivity index (χ3v) is 3.51. The SMILES string of the molecule is CNC(=O)c1cnn(-c2cccc(Cl)c2Cl)c1Cl. The summed E-state index contributed by atoms with van der Waals surface area (Å²) in [5.41, 5.74) is 0.791. The first kappa shape index (κ1) is 13.2. The monoisotopic (exact) mass is 303 g/mol. The minimum absolute atomic E-state index is 0.179. The third kappa shape index (κ3) is 2.19. The summed E-state index contributed by atoms with van der Waals surface area (Å²) in [6.07, 6.45) is 1.37. The van der Waals surface area contributed by atoms with Crippen molar-refractivity contribution >= 4 is 40.7 Å². The Morgan fingerprint density at radius 1 is 1.33 bits per heavy atom. The molecule has 0 saturated heterocycles. The van der Waals surface area contributed by atoms with Crippen molar-refractivity contribution in [3.05, 3.63) is 45.2 Å². The second-order valence-electron chi connectivity index (χ2n) is 3.41. The highest BCUT2D eigenvalue weighted by molar-refractivity contribution is 6.43. The van der Waals surface area contributed by atoms with Crippen LogP contribution in [0.15, 0.2) is 24.4 Å². The van der Waals surface area contributed by atoms with Gasteiger partial charge in [-0.1, -0.05) is 40.9 Å². The predicted octanol–water partition coefficient (Wildman–Crippen LogP) is 3.19. The Morgan fingerprint density at radius 3 is 2.72 bits per heavy atom. The van der Waals surface area contributed by atoms with Gasteiger partial charge in [0.1, 0.15) is 5.15 Å². The molecular weight excluding hydrogens is 296 g/mol. The van der Waals surface area contributed by atoms with Gasteiger partial charge in [-0.3, -0.25) is 4.79 Å². The lowest BCUT2D eigenvalue weighted by Gasteiger charge is -2.07. The maximum Gasteiger partial charge on any atom is 0.255 e. The van der Waals surface area contributed by atoms with E-state index in [9.17, 15) is 4.79 Å². The van der Waals surface area contributed by atoms with Crippen molar-refractivity contribution in [3.8, 4) is 5.69 Å². The Hall–Kier alpha value is -1.23. The summed E-state index contributed by atoms with van der Waals surface area (Å²) in [6, 6.07) is 5.09. The van der Waals surface area contributed by atoms with E-state index in [-0.39, 0.29) is 16.6 Å². The van der Waals surface area contributed by atoms with E-state index in [0.29, 0.717) is 15.7 Å². The van der Waals surface area contributed by atoms with E-state index >= 15 is 0 Å². The fourth-order valence-electron chi connectivity index (χ4n) is 1.44. The van der Waals surface area contributed by atoms with Crippen LogP contribution >= 0.6 is 34.8 Å². The van der Waals surface area contributed by atoms with Crippen molar-refractivity contribution in [1.29, 1.82) is 0 Å². The van der Waals surface area contributed by atoms with Gasteiger partial charge in [0, 0.05) is 7.05 Å². The fraction of sp³-hybridized carbons (Fsp3) is 0.0909. The highest BCUT2D eigenvalue weighted by Crippen LogP contribution is 2.30. The maximum atomic E-state index is 11.5. The molecule has 0 fully saturated rings. The van der Waals surface area contributed by atoms with Crippen LogP contribution in [0.2, 0.25) is 15.2 Å². The zero-order valence-corrected chi connectivity index (χ0v) is 11.5. The lowest BCUT2D eigenvalue weighted by Crippen LogP contribution is -2.17. The molecule has 1 amide bonds. The van der Waals surface area contributed by atoms with Crippen LogP contribution in [0.3, 0.4) is 0 Å². The van der Waals surface area contributed by atoms with Gasteiger partial charge in [0.2, 0.25) is 0 Å². The molecule has 2 aromatic rings. The van der Waals surface area contributed by atoms with Crippen LogP contribution in [-0.2, 0) is 0 Å². The number of carbonyl (C=O) groups excluding carboxylic acids is 1. The number of amides is 1. The molecule has 1 aromatic carbocycles. The number of halogens is 3. The molecule has 4 nitrogen and oxygen atoms in total. The summed E-state index contributed by atoms with van der Waals surface area (Å²) in [5.74, 6) is -0.315. The normalized spacial score (nSPS) is 10.4. The largest absolute Gasteiger partial charge is 0.355 e. The summed E-state index contributed by atoms with van der Waals surface area (Å²) >= 11 is 18.1. The molecule has 1 N–H and O–H groups in total. The molecule has 0 atom stereocenters. The van der Waals surface area contributed by atoms with E-state index in [1.54, 1.807) is 18.2 Å². The molecular formula is C11H8Cl3N3O. The van der Waals surface area contributed by atoms with Crippen LogP contribution in [0.25, 0.3) is 5.69 Å². The van der Waals surface area contributed by atoms with Crippen LogP contribution in [0.5, 0.6) is 0 Å². The highest BCUT2D eigenvalue weighted by atomic mass is 35.5. The Balaban J connectivity index is 2.56. The molecule has 1 heterocycles. The molecule has 0 unspecified atom stereocenters. The summed E-state index contributed by atoms with van der Waals surface area (Å²) in [5, 5.41) is 7.41. The Labute approximate surface area is 118 Å². The van der Waals surface area contributed by atoms with Crippen molar-refractivity contribution in [2.45, 2.75) is 0 Å². The minimum atomic E-state index is -0.315. The summed E-state index contributed by atoms with van der Waals surface area (Å²) in [4.78, 5) is 11.5. The van der Waals surface area contributed by atoms with Gasteiger partial charge in [-0.05, 0) is 12.1 Å². The van der Waals surface area contributed by atoms with Crippen molar-refractivity contribution in [2.75, 3.05) is 7.05 Å². The molecule has 18 heavy (non-hydrogen) atoms. The van der Waals surface area contributed by atoms with Gasteiger partial charge >= 0.3 is 0 Å². The molecule has 0 aliphatic heterocycles. The van der Waals surface area contributed by atoms with Crippen LogP contribution in [0.1, 0.15) is 10.4 Å². The van der Waals surface area contributed by atoms with E-state index in [2.05, 4.69) is 10.4 Å². The van der Waals surface area contributed by atoms with E-state index in [1.807, 2.05) is 0 Å². The van der Waals surface area contributed by atoms with Gasteiger partial charge in [0.05, 0.1) is 27.5 Å². The van der Waals surface area contributed by atoms with Crippen molar-refractivity contribution < 1.29 is 4.79 Å². The summed E-state index contributed by atoms with van der Waals surface area (Å²) in [7, 11) is 1.52. The Bertz CT molecular complexity index is 610. The quantitative estimate of drug-likeness (QED) is 0.926. The Morgan fingerprint density at radius 2 is 2.06 bits per heavy atom. The Kier molecular flexibility index (Phi) is 3.80. The molecule has 0 saturated carbocycles. The molecule has 7 heteroatoms. The van der Waals surface area contributed by atoms with Gasteiger partial charge in [0.15, 0.2) is 0 Å². The fourth-order valence-corrected chi connectivity index (χ4v) is 2.09. The number of hydrogen-bond donors (Lipinski definition) is 1. The number of hydrogen-bond acceptors (Lipinski definition) is 2. The van der Waals surface area contributed by atoms with Crippen LogP contribution in [0.4, 0.5) is 0 Å². The summed E-state index contributed by atoms with van der Waals surface area (Å²) < 4.78 is 1.36. The zero-order valence-electron chi connectivity index (χ0n) is 9.25. The number of benzene rings is 1. The predicted molar refractivity (Wildman–Crippen MR) is 72.0 cm³/mol. The van der Waals surface area contributed by atoms with Gasteiger partial charge in [0.25, 0.3) is 5.91 Å². The lowest BCUT2D eigenvalue weighted by molar-refractivity contribution is 0.0963. The number of aromatic nitrogens is 2. The molecule has 0 bridgehead atoms. The lowest BCUT2D eigenvalue weighted by atomic mass is 10.3. The summed E-state index contributed by atoms with van der Waals surface area (Å²) in [6.45, 7) is 0. The molecule has 2 rings (SSSR count). The topological polar surface area (TPSA) is 46.9 Å². The van der Waals surface area contributed by atoms with Gasteiger partial charge in [-0.15, -0.1) is 0 Å². The molecule has 0 radical (unpaired) electrons. The van der Waals surface area contributed by atoms with E-state index in [0.717, 1.165) is 0 Å². The number of nitrogens with one attached hydrogen (secondary N) is 1. The average molecular weight is 305 g/mol. The third-order valence-electron chi connectivity index (χ3n) is 2.34. The van der Waals surface area contributed by atoms with Crippen LogP contribution < -0.4 is 5.32 Å². The highest BCUT2D eigenvalue weighted by Gasteiger charge is 2.17. The van der Waals surface area contributed by atoms with E-state index in [4.69, 9.17) is 34.8 Å². The smallest absolute Gasteiger partial charge is 0.255 e. The first-order valence-electron chi connectivity index (χ1n) is 4.96. The van der Waals surface area contributed by atoms with E-state index in [1.165, 1.54) is 17.9 Å². The van der Waals surface area contributed by atoms with Crippen molar-refractivity contribution in [1.82, 2.24) is 15.1 Å². The minimum Gasteiger partial charge on any atom is -0.355 e. The number of carbonyl (C=O) groups is 1. The van der Waals surface area contributed by atoms with E-state index < -0.39 is 0 Å². The first-order chi connectivity index (χ1) is 8.56. The average Bonchev–Trinajstić information content (AvgIpc) is 2.74. The van der Waals surface area contributed by atoms with Crippen molar-refractivity contribution in [3.63, 3.8) is 0 Å². The second kappa shape index (κ2) is 5.18. The zero-order chi connectivity index (χ0) is 13.3. The first-order valence-corrected chi connectivity index (χ1v) is 6.09. The molecule has 0 spiro atoms. The molecule has 0 aliphatic rings.